The summed E-state index contributed by atoms with van der Waals surface area (Å²) >= 11 is 0. The molecule has 6 nitrogen and oxygen atoms in total. The third-order valence-corrected chi connectivity index (χ3v) is 5.82. The van der Waals surface area contributed by atoms with Gasteiger partial charge in [-0.05, 0) is 36.6 Å². The first-order valence-electron chi connectivity index (χ1n) is 7.21. The van der Waals surface area contributed by atoms with Crippen LogP contribution in [0.2, 0.25) is 0 Å². The summed E-state index contributed by atoms with van der Waals surface area (Å²) in [5, 5.41) is 5.97. The third kappa shape index (κ3) is 2.89. The highest BCUT2D eigenvalue weighted by Gasteiger charge is 2.27. The number of sulfonamides is 1. The molecular formula is C14H19N3O3S. The van der Waals surface area contributed by atoms with Gasteiger partial charge in [0.1, 0.15) is 0 Å². The van der Waals surface area contributed by atoms with E-state index in [1.807, 2.05) is 6.07 Å². The quantitative estimate of drug-likeness (QED) is 0.836. The molecule has 0 spiro atoms. The molecule has 0 unspecified atom stereocenters. The third-order valence-electron chi connectivity index (χ3n) is 3.92. The summed E-state index contributed by atoms with van der Waals surface area (Å²) in [4.78, 5) is 11.7. The maximum absolute atomic E-state index is 12.7. The van der Waals surface area contributed by atoms with Crippen molar-refractivity contribution >= 4 is 21.6 Å². The largest absolute Gasteiger partial charge is 0.385 e. The Morgan fingerprint density at radius 2 is 1.90 bits per heavy atom. The van der Waals surface area contributed by atoms with E-state index in [0.717, 1.165) is 30.6 Å². The molecule has 0 atom stereocenters. The normalized spacial score (nSPS) is 20.1. The van der Waals surface area contributed by atoms with Gasteiger partial charge in [0.15, 0.2) is 0 Å². The molecule has 1 aromatic carbocycles. The number of nitrogens with zero attached hydrogens (tertiary/aromatic N) is 1. The SMILES string of the molecule is O=C1CCN(S(=O)(=O)c2ccc3c(c2)CCCN3)CCN1. The first-order chi connectivity index (χ1) is 10.1. The predicted molar refractivity (Wildman–Crippen MR) is 79.6 cm³/mol. The Hall–Kier alpha value is -1.60. The molecule has 2 heterocycles. The fourth-order valence-corrected chi connectivity index (χ4v) is 4.24. The van der Waals surface area contributed by atoms with E-state index in [1.165, 1.54) is 4.31 Å². The zero-order valence-corrected chi connectivity index (χ0v) is 12.6. The van der Waals surface area contributed by atoms with Gasteiger partial charge in [-0.3, -0.25) is 4.79 Å². The van der Waals surface area contributed by atoms with Crippen LogP contribution in [0, 0.1) is 0 Å². The lowest BCUT2D eigenvalue weighted by Gasteiger charge is -2.22. The molecule has 0 aromatic heterocycles. The number of nitrogens with one attached hydrogen (secondary N) is 2. The van der Waals surface area contributed by atoms with E-state index in [0.29, 0.717) is 18.0 Å². The number of rotatable bonds is 2. The van der Waals surface area contributed by atoms with Crippen LogP contribution in [0.5, 0.6) is 0 Å². The number of hydrogen-bond acceptors (Lipinski definition) is 4. The van der Waals surface area contributed by atoms with Crippen LogP contribution in [0.4, 0.5) is 5.69 Å². The van der Waals surface area contributed by atoms with E-state index in [9.17, 15) is 13.2 Å². The summed E-state index contributed by atoms with van der Waals surface area (Å²) in [7, 11) is -3.53. The van der Waals surface area contributed by atoms with Gasteiger partial charge < -0.3 is 10.6 Å². The number of carbonyl (C=O) groups excluding carboxylic acids is 1. The molecule has 0 bridgehead atoms. The summed E-state index contributed by atoms with van der Waals surface area (Å²) in [6, 6.07) is 5.24. The molecular weight excluding hydrogens is 290 g/mol. The van der Waals surface area contributed by atoms with E-state index < -0.39 is 10.0 Å². The minimum Gasteiger partial charge on any atom is -0.385 e. The molecule has 2 aliphatic heterocycles. The Labute approximate surface area is 124 Å². The van der Waals surface area contributed by atoms with Crippen molar-refractivity contribution in [1.29, 1.82) is 0 Å². The Kier molecular flexibility index (Phi) is 3.86. The van der Waals surface area contributed by atoms with Crippen molar-refractivity contribution in [1.82, 2.24) is 9.62 Å². The van der Waals surface area contributed by atoms with Crippen LogP contribution in [-0.2, 0) is 21.2 Å². The summed E-state index contributed by atoms with van der Waals surface area (Å²) < 4.78 is 26.8. The second kappa shape index (κ2) is 5.65. The molecule has 1 aromatic rings. The smallest absolute Gasteiger partial charge is 0.243 e. The van der Waals surface area contributed by atoms with Crippen molar-refractivity contribution < 1.29 is 13.2 Å². The number of amides is 1. The van der Waals surface area contributed by atoms with Gasteiger partial charge in [0.05, 0.1) is 4.90 Å². The summed E-state index contributed by atoms with van der Waals surface area (Å²) in [5.41, 5.74) is 2.07. The number of hydrogen-bond donors (Lipinski definition) is 2. The predicted octanol–water partition coefficient (Wildman–Crippen LogP) is 0.555. The first kappa shape index (κ1) is 14.3. The Balaban J connectivity index is 1.89. The molecule has 0 radical (unpaired) electrons. The summed E-state index contributed by atoms with van der Waals surface area (Å²) in [6.45, 7) is 1.86. The van der Waals surface area contributed by atoms with Crippen LogP contribution in [0.25, 0.3) is 0 Å². The zero-order chi connectivity index (χ0) is 14.9. The monoisotopic (exact) mass is 309 g/mol. The lowest BCUT2D eigenvalue weighted by atomic mass is 10.0. The molecule has 1 saturated heterocycles. The van der Waals surface area contributed by atoms with Crippen LogP contribution >= 0.6 is 0 Å². The van der Waals surface area contributed by atoms with Crippen LogP contribution in [0.15, 0.2) is 23.1 Å². The fourth-order valence-electron chi connectivity index (χ4n) is 2.75. The van der Waals surface area contributed by atoms with Gasteiger partial charge in [0.2, 0.25) is 15.9 Å². The Morgan fingerprint density at radius 3 is 2.76 bits per heavy atom. The molecule has 2 N–H and O–H groups in total. The van der Waals surface area contributed by atoms with E-state index in [-0.39, 0.29) is 18.9 Å². The molecule has 114 valence electrons. The first-order valence-corrected chi connectivity index (χ1v) is 8.65. The minimum atomic E-state index is -3.53. The highest BCUT2D eigenvalue weighted by Crippen LogP contribution is 2.26. The number of anilines is 1. The fraction of sp³-hybridized carbons (Fsp3) is 0.500. The molecule has 0 saturated carbocycles. The molecule has 3 rings (SSSR count). The second-order valence-electron chi connectivity index (χ2n) is 5.35. The molecule has 7 heteroatoms. The highest BCUT2D eigenvalue weighted by molar-refractivity contribution is 7.89. The van der Waals surface area contributed by atoms with Gasteiger partial charge in [-0.15, -0.1) is 0 Å². The van der Waals surface area contributed by atoms with Crippen molar-refractivity contribution in [3.63, 3.8) is 0 Å². The standard InChI is InChI=1S/C14H19N3O3S/c18-14-5-8-17(9-7-16-14)21(19,20)12-3-4-13-11(10-12)2-1-6-15-13/h3-4,10,15H,1-2,5-9H2,(H,16,18). The maximum atomic E-state index is 12.7. The van der Waals surface area contributed by atoms with Gasteiger partial charge >= 0.3 is 0 Å². The summed E-state index contributed by atoms with van der Waals surface area (Å²) in [6.07, 6.45) is 2.12. The average Bonchev–Trinajstić information content (AvgIpc) is 2.72. The van der Waals surface area contributed by atoms with E-state index in [1.54, 1.807) is 12.1 Å². The average molecular weight is 309 g/mol. The number of aryl methyl sites for hydroxylation is 1. The number of fused-ring (bicyclic) bond motifs is 1. The van der Waals surface area contributed by atoms with Crippen molar-refractivity contribution in [2.24, 2.45) is 0 Å². The van der Waals surface area contributed by atoms with Crippen molar-refractivity contribution in [3.05, 3.63) is 23.8 Å². The lowest BCUT2D eigenvalue weighted by Crippen LogP contribution is -2.34. The maximum Gasteiger partial charge on any atom is 0.243 e. The van der Waals surface area contributed by atoms with Crippen LogP contribution in [0.3, 0.4) is 0 Å². The van der Waals surface area contributed by atoms with Crippen molar-refractivity contribution in [3.8, 4) is 0 Å². The Morgan fingerprint density at radius 1 is 1.05 bits per heavy atom. The minimum absolute atomic E-state index is 0.0951. The van der Waals surface area contributed by atoms with Gasteiger partial charge in [-0.25, -0.2) is 8.42 Å². The van der Waals surface area contributed by atoms with Crippen LogP contribution in [-0.4, -0.2) is 44.8 Å². The topological polar surface area (TPSA) is 78.5 Å². The summed E-state index contributed by atoms with van der Waals surface area (Å²) in [5.74, 6) is -0.0951. The molecule has 21 heavy (non-hydrogen) atoms. The number of benzene rings is 1. The molecule has 1 amide bonds. The number of carbonyl (C=O) groups is 1. The van der Waals surface area contributed by atoms with E-state index in [4.69, 9.17) is 0 Å². The highest BCUT2D eigenvalue weighted by atomic mass is 32.2. The Bertz CT molecular complexity index is 657. The molecule has 0 aliphatic carbocycles. The second-order valence-corrected chi connectivity index (χ2v) is 7.29. The van der Waals surface area contributed by atoms with Gasteiger partial charge in [-0.1, -0.05) is 0 Å². The van der Waals surface area contributed by atoms with Gasteiger partial charge in [-0.2, -0.15) is 4.31 Å². The van der Waals surface area contributed by atoms with Gasteiger partial charge in [0, 0.05) is 38.3 Å². The zero-order valence-electron chi connectivity index (χ0n) is 11.8. The van der Waals surface area contributed by atoms with Crippen LogP contribution in [0.1, 0.15) is 18.4 Å². The van der Waals surface area contributed by atoms with E-state index >= 15 is 0 Å². The molecule has 2 aliphatic rings. The van der Waals surface area contributed by atoms with Crippen molar-refractivity contribution in [2.45, 2.75) is 24.2 Å². The van der Waals surface area contributed by atoms with Gasteiger partial charge in [0.25, 0.3) is 0 Å². The lowest BCUT2D eigenvalue weighted by molar-refractivity contribution is -0.120. The van der Waals surface area contributed by atoms with Crippen molar-refractivity contribution in [2.75, 3.05) is 31.5 Å². The van der Waals surface area contributed by atoms with Crippen LogP contribution < -0.4 is 10.6 Å². The van der Waals surface area contributed by atoms with E-state index in [2.05, 4.69) is 10.6 Å². The molecule has 1 fully saturated rings.